The van der Waals surface area contributed by atoms with Crippen molar-refractivity contribution < 1.29 is 9.53 Å². The minimum Gasteiger partial charge on any atom is -0.378 e. The maximum absolute atomic E-state index is 12.3. The summed E-state index contributed by atoms with van der Waals surface area (Å²) in [5.41, 5.74) is 2.28. The summed E-state index contributed by atoms with van der Waals surface area (Å²) in [5, 5.41) is 9.11. The monoisotopic (exact) mass is 474 g/mol. The number of nitrogens with one attached hydrogen (secondary N) is 3. The minimum atomic E-state index is -0.296. The molecule has 0 radical (unpaired) electrons. The van der Waals surface area contributed by atoms with Gasteiger partial charge >= 0.3 is 6.03 Å². The zero-order chi connectivity index (χ0) is 23.9. The van der Waals surface area contributed by atoms with E-state index >= 15 is 0 Å². The average Bonchev–Trinajstić information content (AvgIpc) is 3.20. The summed E-state index contributed by atoms with van der Waals surface area (Å²) in [6.45, 7) is 6.48. The second-order valence-corrected chi connectivity index (χ2v) is 8.47. The molecule has 10 nitrogen and oxygen atoms in total. The molecule has 10 heteroatoms. The van der Waals surface area contributed by atoms with Crippen molar-refractivity contribution in [1.82, 2.24) is 20.3 Å². The van der Waals surface area contributed by atoms with Crippen LogP contribution in [0, 0.1) is 0 Å². The van der Waals surface area contributed by atoms with Gasteiger partial charge < -0.3 is 30.5 Å². The van der Waals surface area contributed by atoms with Crippen molar-refractivity contribution in [3.05, 3.63) is 54.6 Å². The number of hydrogen-bond acceptors (Lipinski definition) is 8. The Hall–Kier alpha value is -3.76. The van der Waals surface area contributed by atoms with Crippen LogP contribution in [0.4, 0.5) is 28.1 Å². The van der Waals surface area contributed by atoms with E-state index in [0.717, 1.165) is 56.9 Å². The third kappa shape index (κ3) is 6.03. The summed E-state index contributed by atoms with van der Waals surface area (Å²) >= 11 is 0. The van der Waals surface area contributed by atoms with Gasteiger partial charge in [0.05, 0.1) is 13.2 Å². The number of benzene rings is 2. The van der Waals surface area contributed by atoms with Gasteiger partial charge in [-0.2, -0.15) is 15.0 Å². The van der Waals surface area contributed by atoms with Crippen molar-refractivity contribution in [2.24, 2.45) is 0 Å². The van der Waals surface area contributed by atoms with Gasteiger partial charge in [0.2, 0.25) is 11.9 Å². The van der Waals surface area contributed by atoms with Crippen LogP contribution in [0.1, 0.15) is 6.42 Å². The highest BCUT2D eigenvalue weighted by Crippen LogP contribution is 2.24. The number of amides is 2. The van der Waals surface area contributed by atoms with Gasteiger partial charge in [0.25, 0.3) is 0 Å². The molecule has 182 valence electrons. The first-order chi connectivity index (χ1) is 17.2. The van der Waals surface area contributed by atoms with E-state index in [4.69, 9.17) is 19.7 Å². The van der Waals surface area contributed by atoms with Crippen LogP contribution < -0.4 is 25.8 Å². The fourth-order valence-corrected chi connectivity index (χ4v) is 4.09. The Bertz CT molecular complexity index is 1110. The number of urea groups is 1. The third-order valence-corrected chi connectivity index (χ3v) is 5.96. The molecule has 35 heavy (non-hydrogen) atoms. The third-order valence-electron chi connectivity index (χ3n) is 5.96. The molecule has 5 rings (SSSR count). The van der Waals surface area contributed by atoms with E-state index in [-0.39, 0.29) is 6.03 Å². The van der Waals surface area contributed by atoms with Crippen LogP contribution in [-0.2, 0) is 4.74 Å². The summed E-state index contributed by atoms with van der Waals surface area (Å²) in [4.78, 5) is 31.1. The zero-order valence-corrected chi connectivity index (χ0v) is 19.6. The Balaban J connectivity index is 1.36. The van der Waals surface area contributed by atoms with E-state index in [0.29, 0.717) is 36.6 Å². The van der Waals surface area contributed by atoms with Crippen LogP contribution in [0.15, 0.2) is 54.6 Å². The van der Waals surface area contributed by atoms with Crippen molar-refractivity contribution in [2.75, 3.05) is 72.9 Å². The number of rotatable bonds is 5. The van der Waals surface area contributed by atoms with Crippen LogP contribution in [-0.4, -0.2) is 73.5 Å². The van der Waals surface area contributed by atoms with Crippen molar-refractivity contribution >= 4 is 29.3 Å². The van der Waals surface area contributed by atoms with Gasteiger partial charge in [-0.3, -0.25) is 0 Å². The molecule has 3 N–H and O–H groups in total. The smallest absolute Gasteiger partial charge is 0.323 e. The van der Waals surface area contributed by atoms with E-state index in [1.54, 1.807) is 0 Å². The van der Waals surface area contributed by atoms with Crippen molar-refractivity contribution in [2.45, 2.75) is 6.42 Å². The van der Waals surface area contributed by atoms with E-state index in [2.05, 4.69) is 25.8 Å². The Morgan fingerprint density at radius 1 is 0.771 bits per heavy atom. The van der Waals surface area contributed by atoms with Crippen LogP contribution in [0.5, 0.6) is 0 Å². The minimum absolute atomic E-state index is 0.296. The molecule has 0 bridgehead atoms. The number of para-hydroxylation sites is 1. The van der Waals surface area contributed by atoms with Gasteiger partial charge in [0.15, 0.2) is 5.82 Å². The maximum atomic E-state index is 12.3. The van der Waals surface area contributed by atoms with Gasteiger partial charge in [0.1, 0.15) is 0 Å². The predicted molar refractivity (Wildman–Crippen MR) is 137 cm³/mol. The first-order valence-corrected chi connectivity index (χ1v) is 12.0. The SMILES string of the molecule is O=C(Nc1ccccc1)Nc1ccc(-c2nc(N3CCCNCC3)nc(N3CCOCC3)n2)cc1. The fourth-order valence-electron chi connectivity index (χ4n) is 4.09. The molecule has 2 saturated heterocycles. The molecule has 2 aliphatic rings. The second-order valence-electron chi connectivity index (χ2n) is 8.47. The van der Waals surface area contributed by atoms with Gasteiger partial charge in [-0.05, 0) is 49.4 Å². The van der Waals surface area contributed by atoms with Gasteiger partial charge in [-0.1, -0.05) is 18.2 Å². The summed E-state index contributed by atoms with van der Waals surface area (Å²) < 4.78 is 5.51. The summed E-state index contributed by atoms with van der Waals surface area (Å²) in [5.74, 6) is 1.99. The maximum Gasteiger partial charge on any atom is 0.323 e. The first-order valence-electron chi connectivity index (χ1n) is 12.0. The molecule has 3 aromatic rings. The number of morpholine rings is 1. The van der Waals surface area contributed by atoms with Gasteiger partial charge in [-0.15, -0.1) is 0 Å². The van der Waals surface area contributed by atoms with Crippen LogP contribution in [0.2, 0.25) is 0 Å². The lowest BCUT2D eigenvalue weighted by Gasteiger charge is -2.28. The quantitative estimate of drug-likeness (QED) is 0.518. The Labute approximate surface area is 204 Å². The highest BCUT2D eigenvalue weighted by molar-refractivity contribution is 5.99. The molecule has 0 spiro atoms. The topological polar surface area (TPSA) is 108 Å². The normalized spacial score (nSPS) is 16.5. The van der Waals surface area contributed by atoms with Crippen LogP contribution >= 0.6 is 0 Å². The van der Waals surface area contributed by atoms with Crippen molar-refractivity contribution in [3.8, 4) is 11.4 Å². The van der Waals surface area contributed by atoms with E-state index in [1.165, 1.54) is 0 Å². The lowest BCUT2D eigenvalue weighted by atomic mass is 10.2. The molecular formula is C25H30N8O2. The Morgan fingerprint density at radius 2 is 1.43 bits per heavy atom. The molecule has 0 atom stereocenters. The van der Waals surface area contributed by atoms with E-state index in [9.17, 15) is 4.79 Å². The number of aromatic nitrogens is 3. The highest BCUT2D eigenvalue weighted by Gasteiger charge is 2.20. The van der Waals surface area contributed by atoms with Gasteiger partial charge in [0, 0.05) is 49.7 Å². The zero-order valence-electron chi connectivity index (χ0n) is 19.6. The number of hydrogen-bond donors (Lipinski definition) is 3. The first kappa shape index (κ1) is 23.0. The Morgan fingerprint density at radius 3 is 2.14 bits per heavy atom. The lowest BCUT2D eigenvalue weighted by Crippen LogP contribution is -2.38. The largest absolute Gasteiger partial charge is 0.378 e. The molecule has 0 unspecified atom stereocenters. The molecule has 2 aromatic carbocycles. The number of carbonyl (C=O) groups excluding carboxylic acids is 1. The number of anilines is 4. The summed E-state index contributed by atoms with van der Waals surface area (Å²) in [7, 11) is 0. The fraction of sp³-hybridized carbons (Fsp3) is 0.360. The van der Waals surface area contributed by atoms with Crippen LogP contribution in [0.3, 0.4) is 0 Å². The second kappa shape index (κ2) is 11.1. The summed E-state index contributed by atoms with van der Waals surface area (Å²) in [6.07, 6.45) is 1.04. The number of ether oxygens (including phenoxy) is 1. The molecule has 2 amide bonds. The van der Waals surface area contributed by atoms with E-state index < -0.39 is 0 Å². The molecule has 2 aliphatic heterocycles. The number of nitrogens with zero attached hydrogens (tertiary/aromatic N) is 5. The standard InChI is InChI=1S/C25H30N8O2/c34-25(27-20-5-2-1-3-6-20)28-21-9-7-19(8-10-21)22-29-23(32-13-4-11-26-12-14-32)31-24(30-22)33-15-17-35-18-16-33/h1-3,5-10,26H,4,11-18H2,(H2,27,28,34). The van der Waals surface area contributed by atoms with Gasteiger partial charge in [-0.25, -0.2) is 4.79 Å². The molecule has 2 fully saturated rings. The van der Waals surface area contributed by atoms with Crippen molar-refractivity contribution in [1.29, 1.82) is 0 Å². The summed E-state index contributed by atoms with van der Waals surface area (Å²) in [6, 6.07) is 16.6. The molecule has 1 aromatic heterocycles. The van der Waals surface area contributed by atoms with Crippen LogP contribution in [0.25, 0.3) is 11.4 Å². The lowest BCUT2D eigenvalue weighted by molar-refractivity contribution is 0.122. The molecular weight excluding hydrogens is 444 g/mol. The Kier molecular flexibility index (Phi) is 7.30. The highest BCUT2D eigenvalue weighted by atomic mass is 16.5. The van der Waals surface area contributed by atoms with Crippen molar-refractivity contribution in [3.63, 3.8) is 0 Å². The molecule has 0 aliphatic carbocycles. The predicted octanol–water partition coefficient (Wildman–Crippen LogP) is 2.82. The molecule has 0 saturated carbocycles. The van der Waals surface area contributed by atoms with E-state index in [1.807, 2.05) is 54.6 Å². The number of carbonyl (C=O) groups is 1. The average molecular weight is 475 g/mol. The molecule has 3 heterocycles.